The van der Waals surface area contributed by atoms with Crippen LogP contribution in [0.4, 0.5) is 5.69 Å². The first kappa shape index (κ1) is 21.9. The predicted molar refractivity (Wildman–Crippen MR) is 118 cm³/mol. The number of imide groups is 1. The van der Waals surface area contributed by atoms with E-state index >= 15 is 0 Å². The lowest BCUT2D eigenvalue weighted by molar-refractivity contribution is -0.136. The van der Waals surface area contributed by atoms with Crippen LogP contribution in [-0.4, -0.2) is 44.1 Å². The van der Waals surface area contributed by atoms with Gasteiger partial charge in [0.15, 0.2) is 0 Å². The second-order valence-electron chi connectivity index (χ2n) is 7.15. The summed E-state index contributed by atoms with van der Waals surface area (Å²) >= 11 is 6.15. The maximum absolute atomic E-state index is 13.3. The number of carbonyl (C=O) groups is 2. The van der Waals surface area contributed by atoms with Gasteiger partial charge in [-0.3, -0.25) is 14.5 Å². The smallest absolute Gasteiger partial charge is 0.278 e. The highest BCUT2D eigenvalue weighted by atomic mass is 35.5. The first-order chi connectivity index (χ1) is 14.4. The molecule has 0 atom stereocenters. The van der Waals surface area contributed by atoms with Crippen molar-refractivity contribution in [2.45, 2.75) is 20.3 Å². The van der Waals surface area contributed by atoms with Gasteiger partial charge < -0.3 is 14.8 Å². The number of nitrogens with zero attached hydrogens (tertiary/aromatic N) is 1. The molecule has 0 spiro atoms. The minimum atomic E-state index is -0.381. The van der Waals surface area contributed by atoms with Gasteiger partial charge in [0.25, 0.3) is 11.8 Å². The number of nitrogens with one attached hydrogen (secondary N) is 1. The quantitative estimate of drug-likeness (QED) is 0.504. The summed E-state index contributed by atoms with van der Waals surface area (Å²) in [6.45, 7) is 4.65. The van der Waals surface area contributed by atoms with Crippen LogP contribution in [0.5, 0.6) is 5.75 Å². The molecule has 1 heterocycles. The van der Waals surface area contributed by atoms with Gasteiger partial charge in [-0.2, -0.15) is 0 Å². The van der Waals surface area contributed by atoms with Crippen molar-refractivity contribution in [1.29, 1.82) is 0 Å². The molecule has 0 radical (unpaired) electrons. The van der Waals surface area contributed by atoms with Crippen LogP contribution in [0.3, 0.4) is 0 Å². The number of benzene rings is 2. The first-order valence-electron chi connectivity index (χ1n) is 9.65. The number of carbonyl (C=O) groups excluding carboxylic acids is 2. The number of hydrogen-bond acceptors (Lipinski definition) is 5. The van der Waals surface area contributed by atoms with Gasteiger partial charge in [0.2, 0.25) is 0 Å². The van der Waals surface area contributed by atoms with Crippen LogP contribution < -0.4 is 10.1 Å². The SMILES string of the molecule is COCCCN1C(=O)C(Nc2cc(Cl)ccc2OC)=C(c2ccc(C)cc2C)C1=O. The molecule has 1 N–H and O–H groups in total. The van der Waals surface area contributed by atoms with Gasteiger partial charge in [-0.05, 0) is 49.6 Å². The third kappa shape index (κ3) is 4.35. The van der Waals surface area contributed by atoms with Crippen molar-refractivity contribution >= 4 is 34.7 Å². The van der Waals surface area contributed by atoms with Crippen LogP contribution in [0.2, 0.25) is 5.02 Å². The maximum atomic E-state index is 13.3. The molecule has 2 aromatic carbocycles. The number of aryl methyl sites for hydroxylation is 2. The number of anilines is 1. The van der Waals surface area contributed by atoms with E-state index in [0.717, 1.165) is 16.7 Å². The van der Waals surface area contributed by atoms with Crippen LogP contribution in [0.25, 0.3) is 5.57 Å². The minimum absolute atomic E-state index is 0.213. The second kappa shape index (κ2) is 9.32. The molecule has 0 saturated heterocycles. The van der Waals surface area contributed by atoms with Gasteiger partial charge in [-0.25, -0.2) is 0 Å². The van der Waals surface area contributed by atoms with Gasteiger partial charge in [-0.1, -0.05) is 35.4 Å². The normalized spacial score (nSPS) is 14.0. The summed E-state index contributed by atoms with van der Waals surface area (Å²) in [4.78, 5) is 27.8. The summed E-state index contributed by atoms with van der Waals surface area (Å²) in [7, 11) is 3.12. The molecule has 0 saturated carbocycles. The third-order valence-corrected chi connectivity index (χ3v) is 5.21. The summed E-state index contributed by atoms with van der Waals surface area (Å²) in [5, 5.41) is 3.61. The van der Waals surface area contributed by atoms with Crippen LogP contribution in [-0.2, 0) is 14.3 Å². The van der Waals surface area contributed by atoms with E-state index in [-0.39, 0.29) is 24.1 Å². The molecular weight excluding hydrogens is 404 g/mol. The Morgan fingerprint density at radius 2 is 1.80 bits per heavy atom. The van der Waals surface area contributed by atoms with E-state index < -0.39 is 0 Å². The predicted octanol–water partition coefficient (Wildman–Crippen LogP) is 4.19. The van der Waals surface area contributed by atoms with E-state index in [1.807, 2.05) is 32.0 Å². The van der Waals surface area contributed by atoms with Crippen molar-refractivity contribution in [3.63, 3.8) is 0 Å². The van der Waals surface area contributed by atoms with Crippen molar-refractivity contribution in [1.82, 2.24) is 4.90 Å². The standard InChI is InChI=1S/C23H25ClN2O4/c1-14-6-8-17(15(2)12-14)20-21(23(28)26(22(20)27)10-5-11-29-3)25-18-13-16(24)7-9-19(18)30-4/h6-9,12-13,25H,5,10-11H2,1-4H3. The molecule has 1 aliphatic heterocycles. The largest absolute Gasteiger partial charge is 0.495 e. The summed E-state index contributed by atoms with van der Waals surface area (Å²) in [5.74, 6) is -0.190. The first-order valence-corrected chi connectivity index (χ1v) is 10.0. The number of hydrogen-bond donors (Lipinski definition) is 1. The summed E-state index contributed by atoms with van der Waals surface area (Å²) in [6.07, 6.45) is 0.557. The Kier molecular flexibility index (Phi) is 6.80. The van der Waals surface area contributed by atoms with Crippen molar-refractivity contribution in [3.05, 3.63) is 63.8 Å². The van der Waals surface area contributed by atoms with E-state index in [9.17, 15) is 9.59 Å². The zero-order chi connectivity index (χ0) is 21.8. The fraction of sp³-hybridized carbons (Fsp3) is 0.304. The molecule has 0 bridgehead atoms. The molecule has 3 rings (SSSR count). The van der Waals surface area contributed by atoms with Gasteiger partial charge in [0, 0.05) is 25.3 Å². The topological polar surface area (TPSA) is 67.9 Å². The Labute approximate surface area is 181 Å². The summed E-state index contributed by atoms with van der Waals surface area (Å²) < 4.78 is 10.5. The lowest BCUT2D eigenvalue weighted by atomic mass is 9.97. The monoisotopic (exact) mass is 428 g/mol. The number of ether oxygens (including phenoxy) is 2. The van der Waals surface area contributed by atoms with E-state index in [1.54, 1.807) is 25.3 Å². The molecular formula is C23H25ClN2O4. The Balaban J connectivity index is 2.09. The molecule has 0 aliphatic carbocycles. The van der Waals surface area contributed by atoms with Crippen LogP contribution in [0, 0.1) is 13.8 Å². The van der Waals surface area contributed by atoms with Crippen molar-refractivity contribution in [2.24, 2.45) is 0 Å². The van der Waals surface area contributed by atoms with E-state index in [2.05, 4.69) is 5.32 Å². The van der Waals surface area contributed by atoms with Gasteiger partial charge in [0.1, 0.15) is 11.4 Å². The third-order valence-electron chi connectivity index (χ3n) is 4.97. The second-order valence-corrected chi connectivity index (χ2v) is 7.58. The van der Waals surface area contributed by atoms with Gasteiger partial charge >= 0.3 is 0 Å². The average molecular weight is 429 g/mol. The Hall–Kier alpha value is -2.83. The highest BCUT2D eigenvalue weighted by molar-refractivity contribution is 6.37. The molecule has 158 valence electrons. The molecule has 2 amide bonds. The fourth-order valence-electron chi connectivity index (χ4n) is 3.52. The Bertz CT molecular complexity index is 1020. The molecule has 2 aromatic rings. The van der Waals surface area contributed by atoms with E-state index in [1.165, 1.54) is 12.0 Å². The fourth-order valence-corrected chi connectivity index (χ4v) is 3.69. The molecule has 0 fully saturated rings. The number of amides is 2. The zero-order valence-corrected chi connectivity index (χ0v) is 18.3. The van der Waals surface area contributed by atoms with Crippen LogP contribution in [0.15, 0.2) is 42.1 Å². The minimum Gasteiger partial charge on any atom is -0.495 e. The van der Waals surface area contributed by atoms with E-state index in [4.69, 9.17) is 21.1 Å². The molecule has 0 aromatic heterocycles. The maximum Gasteiger partial charge on any atom is 0.278 e. The zero-order valence-electron chi connectivity index (χ0n) is 17.5. The lowest BCUT2D eigenvalue weighted by Crippen LogP contribution is -2.34. The number of rotatable bonds is 8. The summed E-state index contributed by atoms with van der Waals surface area (Å²) in [5.41, 5.74) is 3.79. The van der Waals surface area contributed by atoms with Crippen molar-refractivity contribution in [3.8, 4) is 5.75 Å². The lowest BCUT2D eigenvalue weighted by Gasteiger charge is -2.15. The Morgan fingerprint density at radius 1 is 1.03 bits per heavy atom. The molecule has 30 heavy (non-hydrogen) atoms. The molecule has 7 heteroatoms. The average Bonchev–Trinajstić information content (AvgIpc) is 2.93. The molecule has 1 aliphatic rings. The molecule has 6 nitrogen and oxygen atoms in total. The van der Waals surface area contributed by atoms with Crippen LogP contribution >= 0.6 is 11.6 Å². The van der Waals surface area contributed by atoms with E-state index in [0.29, 0.717) is 35.1 Å². The Morgan fingerprint density at radius 3 is 2.47 bits per heavy atom. The van der Waals surface area contributed by atoms with Gasteiger partial charge in [0.05, 0.1) is 18.4 Å². The number of methoxy groups -OCH3 is 2. The van der Waals surface area contributed by atoms with Crippen LogP contribution in [0.1, 0.15) is 23.1 Å². The van der Waals surface area contributed by atoms with Gasteiger partial charge in [-0.15, -0.1) is 0 Å². The van der Waals surface area contributed by atoms with Crippen molar-refractivity contribution in [2.75, 3.05) is 32.7 Å². The highest BCUT2D eigenvalue weighted by Crippen LogP contribution is 2.35. The highest BCUT2D eigenvalue weighted by Gasteiger charge is 2.39. The number of halogens is 1. The van der Waals surface area contributed by atoms with Crippen molar-refractivity contribution < 1.29 is 19.1 Å². The molecule has 0 unspecified atom stereocenters. The summed E-state index contributed by atoms with van der Waals surface area (Å²) in [6, 6.07) is 10.9.